The van der Waals surface area contributed by atoms with Crippen molar-refractivity contribution in [2.75, 3.05) is 7.05 Å². The molecule has 1 saturated carbocycles. The molecule has 0 bridgehead atoms. The van der Waals surface area contributed by atoms with E-state index in [1.165, 1.54) is 5.56 Å². The molecule has 104 valence electrons. The van der Waals surface area contributed by atoms with Crippen molar-refractivity contribution in [2.45, 2.75) is 44.7 Å². The van der Waals surface area contributed by atoms with Gasteiger partial charge in [0.15, 0.2) is 0 Å². The number of nitrogens with zero attached hydrogens (tertiary/aromatic N) is 1. The Morgan fingerprint density at radius 2 is 1.84 bits per heavy atom. The molecule has 0 spiro atoms. The van der Waals surface area contributed by atoms with Crippen molar-refractivity contribution in [3.8, 4) is 0 Å². The number of benzene rings is 1. The molecule has 1 aromatic rings. The van der Waals surface area contributed by atoms with Gasteiger partial charge in [0.1, 0.15) is 0 Å². The first kappa shape index (κ1) is 14.1. The number of carbonyl (C=O) groups is 1. The highest BCUT2D eigenvalue weighted by molar-refractivity contribution is 5.67. The summed E-state index contributed by atoms with van der Waals surface area (Å²) < 4.78 is 0. The summed E-state index contributed by atoms with van der Waals surface area (Å²) in [5.74, 6) is -0.264. The van der Waals surface area contributed by atoms with E-state index in [2.05, 4.69) is 36.2 Å². The van der Waals surface area contributed by atoms with Crippen LogP contribution in [0.15, 0.2) is 30.3 Å². The van der Waals surface area contributed by atoms with Crippen molar-refractivity contribution in [1.82, 2.24) is 4.90 Å². The maximum atomic E-state index is 10.7. The Morgan fingerprint density at radius 1 is 1.21 bits per heavy atom. The third kappa shape index (κ3) is 4.35. The van der Waals surface area contributed by atoms with Crippen LogP contribution in [-0.4, -0.2) is 29.1 Å². The maximum absolute atomic E-state index is 10.7. The summed E-state index contributed by atoms with van der Waals surface area (Å²) in [6, 6.07) is 11.1. The SMILES string of the molecule is CN(Cc1ccccc1)C1CCC(CC(=O)O)CC1. The molecule has 3 heteroatoms. The average Bonchev–Trinajstić information content (AvgIpc) is 2.40. The molecule has 2 rings (SSSR count). The minimum atomic E-state index is -0.652. The summed E-state index contributed by atoms with van der Waals surface area (Å²) in [6.07, 6.45) is 4.70. The van der Waals surface area contributed by atoms with Gasteiger partial charge >= 0.3 is 5.97 Å². The Morgan fingerprint density at radius 3 is 2.42 bits per heavy atom. The van der Waals surface area contributed by atoms with Gasteiger partial charge in [0.25, 0.3) is 0 Å². The molecule has 1 aromatic carbocycles. The van der Waals surface area contributed by atoms with Crippen LogP contribution < -0.4 is 0 Å². The molecule has 19 heavy (non-hydrogen) atoms. The third-order valence-corrected chi connectivity index (χ3v) is 4.18. The normalized spacial score (nSPS) is 23.5. The van der Waals surface area contributed by atoms with Crippen molar-refractivity contribution in [2.24, 2.45) is 5.92 Å². The molecule has 0 atom stereocenters. The van der Waals surface area contributed by atoms with Gasteiger partial charge in [-0.15, -0.1) is 0 Å². The zero-order chi connectivity index (χ0) is 13.7. The smallest absolute Gasteiger partial charge is 0.303 e. The van der Waals surface area contributed by atoms with Crippen LogP contribution in [0.3, 0.4) is 0 Å². The van der Waals surface area contributed by atoms with E-state index in [4.69, 9.17) is 5.11 Å². The summed E-state index contributed by atoms with van der Waals surface area (Å²) in [6.45, 7) is 0.981. The largest absolute Gasteiger partial charge is 0.481 e. The van der Waals surface area contributed by atoms with Crippen LogP contribution in [0.1, 0.15) is 37.7 Å². The second kappa shape index (κ2) is 6.71. The summed E-state index contributed by atoms with van der Waals surface area (Å²) in [7, 11) is 2.18. The molecular weight excluding hydrogens is 238 g/mol. The van der Waals surface area contributed by atoms with Gasteiger partial charge in [-0.2, -0.15) is 0 Å². The molecule has 0 aromatic heterocycles. The third-order valence-electron chi connectivity index (χ3n) is 4.18. The van der Waals surface area contributed by atoms with Crippen LogP contribution in [0.25, 0.3) is 0 Å². The molecule has 0 unspecified atom stereocenters. The second-order valence-electron chi connectivity index (χ2n) is 5.67. The highest BCUT2D eigenvalue weighted by atomic mass is 16.4. The van der Waals surface area contributed by atoms with Crippen molar-refractivity contribution < 1.29 is 9.90 Å². The Hall–Kier alpha value is -1.35. The van der Waals surface area contributed by atoms with Gasteiger partial charge in [0, 0.05) is 19.0 Å². The van der Waals surface area contributed by atoms with Crippen molar-refractivity contribution in [3.05, 3.63) is 35.9 Å². The van der Waals surface area contributed by atoms with E-state index >= 15 is 0 Å². The van der Waals surface area contributed by atoms with Gasteiger partial charge in [0.05, 0.1) is 0 Å². The number of carboxylic acids is 1. The van der Waals surface area contributed by atoms with E-state index in [1.54, 1.807) is 0 Å². The van der Waals surface area contributed by atoms with Gasteiger partial charge in [-0.3, -0.25) is 9.69 Å². The lowest BCUT2D eigenvalue weighted by Crippen LogP contribution is -2.35. The fraction of sp³-hybridized carbons (Fsp3) is 0.562. The van der Waals surface area contributed by atoms with Crippen LogP contribution in [0.5, 0.6) is 0 Å². The molecule has 1 N–H and O–H groups in total. The Labute approximate surface area is 115 Å². The lowest BCUT2D eigenvalue weighted by molar-refractivity contribution is -0.138. The molecule has 0 radical (unpaired) electrons. The van der Waals surface area contributed by atoms with E-state index < -0.39 is 5.97 Å². The average molecular weight is 261 g/mol. The van der Waals surface area contributed by atoms with Gasteiger partial charge < -0.3 is 5.11 Å². The summed E-state index contributed by atoms with van der Waals surface area (Å²) in [5, 5.41) is 8.83. The standard InChI is InChI=1S/C16H23NO2/c1-17(12-14-5-3-2-4-6-14)15-9-7-13(8-10-15)11-16(18)19/h2-6,13,15H,7-12H2,1H3,(H,18,19). The van der Waals surface area contributed by atoms with Crippen LogP contribution in [0.2, 0.25) is 0 Å². The monoisotopic (exact) mass is 261 g/mol. The number of aliphatic carboxylic acids is 1. The molecule has 0 heterocycles. The first-order chi connectivity index (χ1) is 9.15. The number of hydrogen-bond acceptors (Lipinski definition) is 2. The molecule has 1 aliphatic rings. The second-order valence-corrected chi connectivity index (χ2v) is 5.67. The molecule has 3 nitrogen and oxygen atoms in total. The zero-order valence-corrected chi connectivity index (χ0v) is 11.6. The number of hydrogen-bond donors (Lipinski definition) is 1. The molecule has 1 fully saturated rings. The highest BCUT2D eigenvalue weighted by Crippen LogP contribution is 2.29. The quantitative estimate of drug-likeness (QED) is 0.885. The van der Waals surface area contributed by atoms with Crippen molar-refractivity contribution in [1.29, 1.82) is 0 Å². The minimum absolute atomic E-state index is 0.342. The van der Waals surface area contributed by atoms with Gasteiger partial charge in [-0.05, 0) is 44.2 Å². The Kier molecular flexibility index (Phi) is 4.97. The zero-order valence-electron chi connectivity index (χ0n) is 11.6. The summed E-state index contributed by atoms with van der Waals surface area (Å²) in [5.41, 5.74) is 1.35. The van der Waals surface area contributed by atoms with Crippen LogP contribution in [0.4, 0.5) is 0 Å². The molecule has 0 amide bonds. The fourth-order valence-corrected chi connectivity index (χ4v) is 3.04. The Bertz CT molecular complexity index is 396. The van der Waals surface area contributed by atoms with Crippen LogP contribution in [0, 0.1) is 5.92 Å². The Balaban J connectivity index is 1.79. The first-order valence-corrected chi connectivity index (χ1v) is 7.11. The van der Waals surface area contributed by atoms with Crippen LogP contribution in [-0.2, 0) is 11.3 Å². The predicted molar refractivity (Wildman–Crippen MR) is 75.9 cm³/mol. The van der Waals surface area contributed by atoms with Gasteiger partial charge in [-0.25, -0.2) is 0 Å². The van der Waals surface area contributed by atoms with Gasteiger partial charge in [0.2, 0.25) is 0 Å². The molecule has 0 aliphatic heterocycles. The molecule has 1 aliphatic carbocycles. The van der Waals surface area contributed by atoms with Crippen molar-refractivity contribution >= 4 is 5.97 Å². The highest BCUT2D eigenvalue weighted by Gasteiger charge is 2.25. The van der Waals surface area contributed by atoms with E-state index in [9.17, 15) is 4.79 Å². The lowest BCUT2D eigenvalue weighted by Gasteiger charge is -2.34. The van der Waals surface area contributed by atoms with E-state index in [-0.39, 0.29) is 0 Å². The van der Waals surface area contributed by atoms with Gasteiger partial charge in [-0.1, -0.05) is 30.3 Å². The lowest BCUT2D eigenvalue weighted by atomic mass is 9.83. The van der Waals surface area contributed by atoms with Crippen molar-refractivity contribution in [3.63, 3.8) is 0 Å². The van der Waals surface area contributed by atoms with E-state index in [1.807, 2.05) is 6.07 Å². The van der Waals surface area contributed by atoms with E-state index in [0.717, 1.165) is 32.2 Å². The summed E-state index contributed by atoms with van der Waals surface area (Å²) in [4.78, 5) is 13.1. The fourth-order valence-electron chi connectivity index (χ4n) is 3.04. The topological polar surface area (TPSA) is 40.5 Å². The predicted octanol–water partition coefficient (Wildman–Crippen LogP) is 3.15. The molecular formula is C16H23NO2. The number of carboxylic acid groups (broad SMARTS) is 1. The number of rotatable bonds is 5. The summed E-state index contributed by atoms with van der Waals surface area (Å²) >= 11 is 0. The first-order valence-electron chi connectivity index (χ1n) is 7.11. The molecule has 0 saturated heterocycles. The maximum Gasteiger partial charge on any atom is 0.303 e. The van der Waals surface area contributed by atoms with E-state index in [0.29, 0.717) is 18.4 Å². The van der Waals surface area contributed by atoms with Crippen LogP contribution >= 0.6 is 0 Å². The minimum Gasteiger partial charge on any atom is -0.481 e.